The summed E-state index contributed by atoms with van der Waals surface area (Å²) < 4.78 is 0. The zero-order valence-electron chi connectivity index (χ0n) is 15.5. The number of rotatable bonds is 7. The predicted molar refractivity (Wildman–Crippen MR) is 104 cm³/mol. The lowest BCUT2D eigenvalue weighted by molar-refractivity contribution is -0.200. The number of carbonyl (C=O) groups excluding carboxylic acids is 1. The van der Waals surface area contributed by atoms with E-state index in [4.69, 9.17) is 11.1 Å². The zero-order valence-corrected chi connectivity index (χ0v) is 15.5. The number of carbonyl (C=O) groups is 1. The number of nitrogen functional groups attached to an aromatic ring is 1. The summed E-state index contributed by atoms with van der Waals surface area (Å²) in [5.74, 6) is -1.77. The summed E-state index contributed by atoms with van der Waals surface area (Å²) in [6.07, 6.45) is 3.26. The third kappa shape index (κ3) is 3.84. The van der Waals surface area contributed by atoms with Gasteiger partial charge in [0.25, 0.3) is 0 Å². The molecule has 1 aliphatic heterocycles. The van der Waals surface area contributed by atoms with E-state index >= 15 is 0 Å². The molecule has 1 aliphatic rings. The topological polar surface area (TPSA) is 115 Å². The van der Waals surface area contributed by atoms with Crippen LogP contribution in [0, 0.1) is 11.3 Å². The molecule has 1 amide bonds. The van der Waals surface area contributed by atoms with E-state index in [-0.39, 0.29) is 11.9 Å². The van der Waals surface area contributed by atoms with Crippen LogP contribution in [0.25, 0.3) is 0 Å². The van der Waals surface area contributed by atoms with Crippen LogP contribution in [0.15, 0.2) is 48.7 Å². The molecule has 1 saturated heterocycles. The number of nitrogens with two attached hydrogens (primary N) is 1. The first-order chi connectivity index (χ1) is 12.8. The van der Waals surface area contributed by atoms with Crippen molar-refractivity contribution in [2.45, 2.75) is 38.2 Å². The normalized spacial score (nSPS) is 22.6. The Kier molecular flexibility index (Phi) is 5.25. The van der Waals surface area contributed by atoms with Gasteiger partial charge in [-0.2, -0.15) is 0 Å². The number of nitrogens with zero attached hydrogens (tertiary/aromatic N) is 2. The number of likely N-dealkylation sites (tertiary alicyclic amines) is 1. The lowest BCUT2D eigenvalue weighted by Gasteiger charge is -2.53. The van der Waals surface area contributed by atoms with Crippen molar-refractivity contribution in [2.75, 3.05) is 5.73 Å². The molecule has 0 unspecified atom stereocenters. The van der Waals surface area contributed by atoms with Crippen LogP contribution in [0.5, 0.6) is 0 Å². The van der Waals surface area contributed by atoms with Gasteiger partial charge in [0.1, 0.15) is 5.82 Å². The quantitative estimate of drug-likeness (QED) is 0.338. The SMILES string of the molecule is C[C@@H](N[C@](C)(O)N1C(=O)[C@H](Cc2ccnc(N)c2)[C@H]1C=N)c1ccccc1. The molecule has 0 radical (unpaired) electrons. The molecule has 3 rings (SSSR count). The van der Waals surface area contributed by atoms with Gasteiger partial charge < -0.3 is 16.2 Å². The summed E-state index contributed by atoms with van der Waals surface area (Å²) >= 11 is 0. The van der Waals surface area contributed by atoms with Crippen molar-refractivity contribution in [3.63, 3.8) is 0 Å². The smallest absolute Gasteiger partial charge is 0.232 e. The van der Waals surface area contributed by atoms with Crippen molar-refractivity contribution in [1.82, 2.24) is 15.2 Å². The number of nitrogens with one attached hydrogen (secondary N) is 2. The molecule has 2 aromatic rings. The number of anilines is 1. The molecule has 7 heteroatoms. The van der Waals surface area contributed by atoms with Gasteiger partial charge in [0.15, 0.2) is 5.85 Å². The summed E-state index contributed by atoms with van der Waals surface area (Å²) in [5.41, 5.74) is 7.59. The van der Waals surface area contributed by atoms with Crippen LogP contribution in [0.4, 0.5) is 5.82 Å². The van der Waals surface area contributed by atoms with Crippen molar-refractivity contribution in [1.29, 1.82) is 5.41 Å². The molecular formula is C20H25N5O2. The lowest BCUT2D eigenvalue weighted by atomic mass is 9.82. The van der Waals surface area contributed by atoms with Crippen molar-refractivity contribution in [3.05, 3.63) is 59.8 Å². The third-order valence-corrected chi connectivity index (χ3v) is 5.00. The average molecular weight is 367 g/mol. The molecule has 2 heterocycles. The molecule has 5 N–H and O–H groups in total. The molecule has 27 heavy (non-hydrogen) atoms. The number of aromatic nitrogens is 1. The summed E-state index contributed by atoms with van der Waals surface area (Å²) in [6.45, 7) is 3.46. The fourth-order valence-electron chi connectivity index (χ4n) is 3.65. The molecule has 4 atom stereocenters. The van der Waals surface area contributed by atoms with E-state index in [0.29, 0.717) is 12.2 Å². The Bertz CT molecular complexity index is 824. The van der Waals surface area contributed by atoms with E-state index in [2.05, 4.69) is 10.3 Å². The second-order valence-corrected chi connectivity index (χ2v) is 7.06. The van der Waals surface area contributed by atoms with E-state index in [1.807, 2.05) is 37.3 Å². The Labute approximate surface area is 158 Å². The lowest BCUT2D eigenvalue weighted by Crippen LogP contribution is -2.74. The van der Waals surface area contributed by atoms with Crippen LogP contribution >= 0.6 is 0 Å². The zero-order chi connectivity index (χ0) is 19.6. The van der Waals surface area contributed by atoms with Gasteiger partial charge in [0, 0.05) is 18.5 Å². The first-order valence-electron chi connectivity index (χ1n) is 8.92. The second-order valence-electron chi connectivity index (χ2n) is 7.06. The van der Waals surface area contributed by atoms with Crippen molar-refractivity contribution >= 4 is 17.9 Å². The van der Waals surface area contributed by atoms with Gasteiger partial charge in [0.2, 0.25) is 5.91 Å². The number of hydrogen-bond acceptors (Lipinski definition) is 6. The van der Waals surface area contributed by atoms with Crippen LogP contribution in [0.2, 0.25) is 0 Å². The van der Waals surface area contributed by atoms with Crippen molar-refractivity contribution in [3.8, 4) is 0 Å². The standard InChI is InChI=1S/C20H25N5O2/c1-13(15-6-4-3-5-7-15)24-20(2,27)25-17(12-21)16(19(25)26)10-14-8-9-23-18(22)11-14/h3-9,11-13,16-17,21,24,27H,10H2,1-2H3,(H2,22,23)/t13-,16-,17-,20+/m1/s1. The van der Waals surface area contributed by atoms with E-state index in [1.165, 1.54) is 11.1 Å². The highest BCUT2D eigenvalue weighted by molar-refractivity contribution is 5.94. The fourth-order valence-corrected chi connectivity index (χ4v) is 3.65. The third-order valence-electron chi connectivity index (χ3n) is 5.00. The van der Waals surface area contributed by atoms with Gasteiger partial charge in [-0.05, 0) is 43.5 Å². The summed E-state index contributed by atoms with van der Waals surface area (Å²) in [6, 6.07) is 12.6. The maximum absolute atomic E-state index is 12.8. The Balaban J connectivity index is 1.72. The first kappa shape index (κ1) is 19.0. The monoisotopic (exact) mass is 367 g/mol. The van der Waals surface area contributed by atoms with Gasteiger partial charge in [-0.1, -0.05) is 30.3 Å². The predicted octanol–water partition coefficient (Wildman–Crippen LogP) is 1.70. The molecule has 0 spiro atoms. The summed E-state index contributed by atoms with van der Waals surface area (Å²) in [7, 11) is 0. The Morgan fingerprint density at radius 1 is 1.41 bits per heavy atom. The molecule has 7 nitrogen and oxygen atoms in total. The fraction of sp³-hybridized carbons (Fsp3) is 0.350. The minimum Gasteiger partial charge on any atom is -0.384 e. The number of amides is 1. The van der Waals surface area contributed by atoms with Crippen LogP contribution in [-0.2, 0) is 11.2 Å². The van der Waals surface area contributed by atoms with Crippen LogP contribution in [-0.4, -0.2) is 39.0 Å². The largest absolute Gasteiger partial charge is 0.384 e. The van der Waals surface area contributed by atoms with Crippen LogP contribution in [0.3, 0.4) is 0 Å². The van der Waals surface area contributed by atoms with E-state index in [9.17, 15) is 9.90 Å². The molecule has 1 aromatic heterocycles. The molecular weight excluding hydrogens is 342 g/mol. The van der Waals surface area contributed by atoms with Gasteiger partial charge in [0.05, 0.1) is 12.0 Å². The molecule has 0 saturated carbocycles. The molecule has 0 aliphatic carbocycles. The number of pyridine rings is 1. The minimum absolute atomic E-state index is 0.167. The van der Waals surface area contributed by atoms with Crippen molar-refractivity contribution < 1.29 is 9.90 Å². The van der Waals surface area contributed by atoms with E-state index < -0.39 is 17.8 Å². The number of aliphatic hydroxyl groups is 1. The maximum atomic E-state index is 12.8. The number of hydrogen-bond donors (Lipinski definition) is 4. The van der Waals surface area contributed by atoms with Crippen LogP contribution < -0.4 is 11.1 Å². The highest BCUT2D eigenvalue weighted by atomic mass is 16.3. The first-order valence-corrected chi connectivity index (χ1v) is 8.92. The van der Waals surface area contributed by atoms with Gasteiger partial charge in [-0.15, -0.1) is 0 Å². The molecule has 1 aromatic carbocycles. The van der Waals surface area contributed by atoms with E-state index in [1.54, 1.807) is 25.3 Å². The Morgan fingerprint density at radius 2 is 2.11 bits per heavy atom. The molecule has 0 bridgehead atoms. The molecule has 142 valence electrons. The highest BCUT2D eigenvalue weighted by Gasteiger charge is 2.53. The van der Waals surface area contributed by atoms with Gasteiger partial charge in [-0.25, -0.2) is 4.98 Å². The average Bonchev–Trinajstić information content (AvgIpc) is 2.64. The number of β-lactam (4-membered cyclic amide) rings is 1. The maximum Gasteiger partial charge on any atom is 0.232 e. The Morgan fingerprint density at radius 3 is 2.74 bits per heavy atom. The Hall–Kier alpha value is -2.77. The minimum atomic E-state index is -1.57. The molecule has 1 fully saturated rings. The highest BCUT2D eigenvalue weighted by Crippen LogP contribution is 2.34. The van der Waals surface area contributed by atoms with Gasteiger partial charge >= 0.3 is 0 Å². The van der Waals surface area contributed by atoms with Crippen molar-refractivity contribution in [2.24, 2.45) is 5.92 Å². The van der Waals surface area contributed by atoms with E-state index in [0.717, 1.165) is 11.1 Å². The summed E-state index contributed by atoms with van der Waals surface area (Å²) in [5, 5.41) is 21.8. The summed E-state index contributed by atoms with van der Waals surface area (Å²) in [4.78, 5) is 18.0. The number of benzene rings is 1. The van der Waals surface area contributed by atoms with Gasteiger partial charge in [-0.3, -0.25) is 15.0 Å². The second kappa shape index (κ2) is 7.46. The van der Waals surface area contributed by atoms with Crippen LogP contribution in [0.1, 0.15) is 31.0 Å².